The first-order chi connectivity index (χ1) is 16.9. The summed E-state index contributed by atoms with van der Waals surface area (Å²) in [5.41, 5.74) is 3.68. The van der Waals surface area contributed by atoms with Gasteiger partial charge < -0.3 is 24.4 Å². The number of rotatable bonds is 10. The summed E-state index contributed by atoms with van der Waals surface area (Å²) in [6, 6.07) is 9.65. The molecule has 1 N–H and O–H groups in total. The molecule has 35 heavy (non-hydrogen) atoms. The predicted octanol–water partition coefficient (Wildman–Crippen LogP) is 4.67. The van der Waals surface area contributed by atoms with Gasteiger partial charge in [0.05, 0.1) is 25.7 Å². The predicted molar refractivity (Wildman–Crippen MR) is 136 cm³/mol. The van der Waals surface area contributed by atoms with E-state index in [-0.39, 0.29) is 17.7 Å². The number of hydrogen-bond donors (Lipinski definition) is 1. The van der Waals surface area contributed by atoms with E-state index in [1.54, 1.807) is 4.90 Å². The van der Waals surface area contributed by atoms with Crippen molar-refractivity contribution in [3.8, 4) is 17.2 Å². The summed E-state index contributed by atoms with van der Waals surface area (Å²) in [6.45, 7) is 12.6. The van der Waals surface area contributed by atoms with Crippen molar-refractivity contribution in [2.75, 3.05) is 32.9 Å². The van der Waals surface area contributed by atoms with E-state index in [0.29, 0.717) is 62.3 Å². The number of carbonyl (C=O) groups is 2. The fraction of sp³-hybridized carbons (Fsp3) is 0.500. The van der Waals surface area contributed by atoms with Gasteiger partial charge in [-0.05, 0) is 77.3 Å². The molecule has 1 fully saturated rings. The molecule has 1 aliphatic heterocycles. The highest BCUT2D eigenvalue weighted by Crippen LogP contribution is 2.39. The molecular formula is C28H38N2O5. The van der Waals surface area contributed by atoms with Crippen LogP contribution in [0, 0.1) is 19.8 Å². The van der Waals surface area contributed by atoms with Gasteiger partial charge in [-0.3, -0.25) is 9.59 Å². The van der Waals surface area contributed by atoms with E-state index in [2.05, 4.69) is 11.4 Å². The van der Waals surface area contributed by atoms with Gasteiger partial charge in [0, 0.05) is 25.2 Å². The first-order valence-corrected chi connectivity index (χ1v) is 12.6. The van der Waals surface area contributed by atoms with Crippen LogP contribution in [0.25, 0.3) is 0 Å². The van der Waals surface area contributed by atoms with Crippen LogP contribution in [0.4, 0.5) is 0 Å². The van der Waals surface area contributed by atoms with E-state index in [1.165, 1.54) is 0 Å². The average Bonchev–Trinajstić information content (AvgIpc) is 2.84. The Bertz CT molecular complexity index is 989. The fourth-order valence-electron chi connectivity index (χ4n) is 4.53. The third-order valence-electron chi connectivity index (χ3n) is 5.98. The molecule has 1 atom stereocenters. The molecule has 1 heterocycles. The normalized spacial score (nSPS) is 15.5. The summed E-state index contributed by atoms with van der Waals surface area (Å²) < 4.78 is 17.3. The SMILES string of the molecule is CCOc1cc(CNC(=O)[C@@H]2CCCN(C(=O)c3cc(C)cc(C)c3)C2)cc(OCC)c1OCC. The second kappa shape index (κ2) is 12.5. The third kappa shape index (κ3) is 6.90. The maximum absolute atomic E-state index is 13.1. The summed E-state index contributed by atoms with van der Waals surface area (Å²) in [5, 5.41) is 3.05. The van der Waals surface area contributed by atoms with Crippen molar-refractivity contribution >= 4 is 11.8 Å². The average molecular weight is 483 g/mol. The molecule has 1 saturated heterocycles. The number of likely N-dealkylation sites (tertiary alicyclic amines) is 1. The number of hydrogen-bond acceptors (Lipinski definition) is 5. The molecule has 0 aromatic heterocycles. The molecule has 2 amide bonds. The van der Waals surface area contributed by atoms with Gasteiger partial charge in [-0.15, -0.1) is 0 Å². The van der Waals surface area contributed by atoms with Crippen LogP contribution in [-0.2, 0) is 11.3 Å². The minimum atomic E-state index is -0.237. The number of piperidine rings is 1. The number of benzene rings is 2. The highest BCUT2D eigenvalue weighted by molar-refractivity contribution is 5.95. The van der Waals surface area contributed by atoms with Crippen molar-refractivity contribution in [3.63, 3.8) is 0 Å². The Balaban J connectivity index is 1.68. The van der Waals surface area contributed by atoms with Crippen LogP contribution >= 0.6 is 0 Å². The third-order valence-corrected chi connectivity index (χ3v) is 5.98. The Labute approximate surface area is 208 Å². The van der Waals surface area contributed by atoms with Gasteiger partial charge in [-0.2, -0.15) is 0 Å². The standard InChI is InChI=1S/C28H38N2O5/c1-6-33-24-15-21(16-25(34-7-2)26(24)35-8-3)17-29-27(31)22-10-9-11-30(18-22)28(32)23-13-19(4)12-20(5)14-23/h12-16,22H,6-11,17-18H2,1-5H3,(H,29,31)/t22-/m1/s1. The number of nitrogens with one attached hydrogen (secondary N) is 1. The van der Waals surface area contributed by atoms with Gasteiger partial charge in [-0.1, -0.05) is 17.2 Å². The molecule has 0 bridgehead atoms. The molecule has 7 heteroatoms. The van der Waals surface area contributed by atoms with E-state index in [1.807, 2.05) is 58.9 Å². The van der Waals surface area contributed by atoms with E-state index in [0.717, 1.165) is 29.5 Å². The Kier molecular flexibility index (Phi) is 9.40. The summed E-state index contributed by atoms with van der Waals surface area (Å²) in [5.74, 6) is 1.49. The Morgan fingerprint density at radius 1 is 0.914 bits per heavy atom. The van der Waals surface area contributed by atoms with Crippen LogP contribution in [-0.4, -0.2) is 49.6 Å². The molecule has 3 rings (SSSR count). The first-order valence-electron chi connectivity index (χ1n) is 12.6. The van der Waals surface area contributed by atoms with E-state index < -0.39 is 0 Å². The highest BCUT2D eigenvalue weighted by Gasteiger charge is 2.29. The lowest BCUT2D eigenvalue weighted by Crippen LogP contribution is -2.45. The fourth-order valence-corrected chi connectivity index (χ4v) is 4.53. The maximum Gasteiger partial charge on any atom is 0.253 e. The molecule has 0 spiro atoms. The van der Waals surface area contributed by atoms with E-state index in [9.17, 15) is 9.59 Å². The smallest absolute Gasteiger partial charge is 0.253 e. The zero-order chi connectivity index (χ0) is 25.4. The van der Waals surface area contributed by atoms with Gasteiger partial charge in [0.25, 0.3) is 5.91 Å². The number of ether oxygens (including phenoxy) is 3. The summed E-state index contributed by atoms with van der Waals surface area (Å²) >= 11 is 0. The van der Waals surface area contributed by atoms with Crippen molar-refractivity contribution < 1.29 is 23.8 Å². The molecular weight excluding hydrogens is 444 g/mol. The zero-order valence-electron chi connectivity index (χ0n) is 21.6. The largest absolute Gasteiger partial charge is 0.490 e. The Morgan fingerprint density at radius 2 is 1.51 bits per heavy atom. The molecule has 7 nitrogen and oxygen atoms in total. The zero-order valence-corrected chi connectivity index (χ0v) is 21.6. The van der Waals surface area contributed by atoms with Crippen LogP contribution in [0.2, 0.25) is 0 Å². The van der Waals surface area contributed by atoms with Gasteiger partial charge in [0.15, 0.2) is 11.5 Å². The Hall–Kier alpha value is -3.22. The Morgan fingerprint density at radius 3 is 2.09 bits per heavy atom. The lowest BCUT2D eigenvalue weighted by Gasteiger charge is -2.32. The van der Waals surface area contributed by atoms with Crippen molar-refractivity contribution in [1.29, 1.82) is 0 Å². The topological polar surface area (TPSA) is 77.1 Å². The first kappa shape index (κ1) is 26.4. The quantitative estimate of drug-likeness (QED) is 0.533. The van der Waals surface area contributed by atoms with Gasteiger partial charge in [0.1, 0.15) is 0 Å². The van der Waals surface area contributed by atoms with Crippen LogP contribution in [0.3, 0.4) is 0 Å². The second-order valence-electron chi connectivity index (χ2n) is 8.90. The molecule has 0 aliphatic carbocycles. The second-order valence-corrected chi connectivity index (χ2v) is 8.90. The van der Waals surface area contributed by atoms with Crippen LogP contribution in [0.1, 0.15) is 60.7 Å². The number of amides is 2. The van der Waals surface area contributed by atoms with Crippen molar-refractivity contribution in [1.82, 2.24) is 10.2 Å². The minimum absolute atomic E-state index is 0.0106. The lowest BCUT2D eigenvalue weighted by molar-refractivity contribution is -0.126. The van der Waals surface area contributed by atoms with Crippen molar-refractivity contribution in [3.05, 3.63) is 52.6 Å². The van der Waals surface area contributed by atoms with Gasteiger partial charge in [-0.25, -0.2) is 0 Å². The highest BCUT2D eigenvalue weighted by atomic mass is 16.5. The number of aryl methyl sites for hydroxylation is 2. The molecule has 0 saturated carbocycles. The monoisotopic (exact) mass is 482 g/mol. The molecule has 0 radical (unpaired) electrons. The maximum atomic E-state index is 13.1. The minimum Gasteiger partial charge on any atom is -0.490 e. The molecule has 190 valence electrons. The van der Waals surface area contributed by atoms with Crippen LogP contribution in [0.15, 0.2) is 30.3 Å². The molecule has 2 aromatic carbocycles. The van der Waals surface area contributed by atoms with Crippen LogP contribution in [0.5, 0.6) is 17.2 Å². The number of carbonyl (C=O) groups excluding carboxylic acids is 2. The molecule has 1 aliphatic rings. The molecule has 0 unspecified atom stereocenters. The molecule has 2 aromatic rings. The van der Waals surface area contributed by atoms with E-state index in [4.69, 9.17) is 14.2 Å². The van der Waals surface area contributed by atoms with Crippen LogP contribution < -0.4 is 19.5 Å². The van der Waals surface area contributed by atoms with Crippen molar-refractivity contribution in [2.24, 2.45) is 5.92 Å². The van der Waals surface area contributed by atoms with Gasteiger partial charge >= 0.3 is 0 Å². The summed E-state index contributed by atoms with van der Waals surface area (Å²) in [4.78, 5) is 27.9. The summed E-state index contributed by atoms with van der Waals surface area (Å²) in [7, 11) is 0. The van der Waals surface area contributed by atoms with Gasteiger partial charge in [0.2, 0.25) is 11.7 Å². The summed E-state index contributed by atoms with van der Waals surface area (Å²) in [6.07, 6.45) is 1.57. The van der Waals surface area contributed by atoms with E-state index >= 15 is 0 Å². The van der Waals surface area contributed by atoms with Crippen molar-refractivity contribution in [2.45, 2.75) is 54.0 Å². The number of nitrogens with zero attached hydrogens (tertiary/aromatic N) is 1. The lowest BCUT2D eigenvalue weighted by atomic mass is 9.96.